The Morgan fingerprint density at radius 3 is 2.64 bits per heavy atom. The molecule has 0 radical (unpaired) electrons. The van der Waals surface area contributed by atoms with Crippen molar-refractivity contribution in [2.45, 2.75) is 13.5 Å². The zero-order valence-corrected chi connectivity index (χ0v) is 15.7. The maximum Gasteiger partial charge on any atom is 0.289 e. The molecule has 0 saturated carbocycles. The molecular weight excluding hydrogens is 356 g/mol. The first kappa shape index (κ1) is 18.0. The molecular formula is C20H22N6O2. The van der Waals surface area contributed by atoms with Crippen LogP contribution >= 0.6 is 0 Å². The predicted octanol–water partition coefficient (Wildman–Crippen LogP) is 2.35. The number of carbonyl (C=O) groups is 1. The molecule has 3 heterocycles. The van der Waals surface area contributed by atoms with E-state index in [1.807, 2.05) is 0 Å². The topological polar surface area (TPSA) is 87.4 Å². The second-order valence-electron chi connectivity index (χ2n) is 6.73. The van der Waals surface area contributed by atoms with E-state index in [4.69, 9.17) is 4.42 Å². The van der Waals surface area contributed by atoms with Gasteiger partial charge in [0, 0.05) is 32.7 Å². The molecule has 1 fully saturated rings. The van der Waals surface area contributed by atoms with Crippen LogP contribution in [0.3, 0.4) is 0 Å². The van der Waals surface area contributed by atoms with Gasteiger partial charge in [0.05, 0.1) is 12.5 Å². The van der Waals surface area contributed by atoms with Gasteiger partial charge >= 0.3 is 0 Å². The summed E-state index contributed by atoms with van der Waals surface area (Å²) in [5.41, 5.74) is 2.39. The minimum Gasteiger partial charge on any atom is -0.459 e. The summed E-state index contributed by atoms with van der Waals surface area (Å²) in [7, 11) is 0. The Hall–Kier alpha value is -3.42. The van der Waals surface area contributed by atoms with Crippen LogP contribution in [0.4, 0.5) is 11.8 Å². The molecule has 1 N–H and O–H groups in total. The fourth-order valence-corrected chi connectivity index (χ4v) is 3.10. The minimum atomic E-state index is -0.0779. The first-order valence-electron chi connectivity index (χ1n) is 9.26. The molecule has 1 aliphatic heterocycles. The lowest BCUT2D eigenvalue weighted by Gasteiger charge is -2.34. The van der Waals surface area contributed by atoms with Crippen LogP contribution in [0.15, 0.2) is 53.3 Å². The van der Waals surface area contributed by atoms with Crippen LogP contribution in [0.2, 0.25) is 0 Å². The molecule has 0 spiro atoms. The highest BCUT2D eigenvalue weighted by atomic mass is 16.3. The number of hydrogen-bond donors (Lipinski definition) is 1. The molecule has 8 heteroatoms. The summed E-state index contributed by atoms with van der Waals surface area (Å²) in [6.45, 7) is 5.28. The maximum absolute atomic E-state index is 12.4. The van der Waals surface area contributed by atoms with Crippen molar-refractivity contribution in [3.8, 4) is 0 Å². The SMILES string of the molecule is Cc1ccc(CNc2nncc(N3CCN(C(=O)c4ccco4)CC3)n2)cc1. The lowest BCUT2D eigenvalue weighted by Crippen LogP contribution is -2.49. The number of aromatic nitrogens is 3. The second kappa shape index (κ2) is 8.08. The number of nitrogens with zero attached hydrogens (tertiary/aromatic N) is 5. The molecule has 0 atom stereocenters. The summed E-state index contributed by atoms with van der Waals surface area (Å²) in [5.74, 6) is 1.55. The molecule has 3 aromatic rings. The lowest BCUT2D eigenvalue weighted by molar-refractivity contribution is 0.0714. The number of nitrogens with one attached hydrogen (secondary N) is 1. The number of aryl methyl sites for hydroxylation is 1. The molecule has 4 rings (SSSR count). The Labute approximate surface area is 163 Å². The molecule has 144 valence electrons. The van der Waals surface area contributed by atoms with Crippen molar-refractivity contribution < 1.29 is 9.21 Å². The van der Waals surface area contributed by atoms with E-state index in [1.165, 1.54) is 11.8 Å². The molecule has 0 aliphatic carbocycles. The minimum absolute atomic E-state index is 0.0779. The Morgan fingerprint density at radius 2 is 1.93 bits per heavy atom. The van der Waals surface area contributed by atoms with Crippen molar-refractivity contribution in [1.29, 1.82) is 0 Å². The third-order valence-corrected chi connectivity index (χ3v) is 4.74. The van der Waals surface area contributed by atoms with Crippen molar-refractivity contribution in [3.63, 3.8) is 0 Å². The van der Waals surface area contributed by atoms with Gasteiger partial charge in [-0.2, -0.15) is 10.1 Å². The average molecular weight is 378 g/mol. The van der Waals surface area contributed by atoms with Crippen molar-refractivity contribution in [1.82, 2.24) is 20.1 Å². The van der Waals surface area contributed by atoms with Crippen molar-refractivity contribution in [2.75, 3.05) is 36.4 Å². The maximum atomic E-state index is 12.4. The van der Waals surface area contributed by atoms with Gasteiger partial charge in [0.25, 0.3) is 5.91 Å². The number of anilines is 2. The van der Waals surface area contributed by atoms with Gasteiger partial charge in [-0.05, 0) is 24.6 Å². The Balaban J connectivity index is 1.34. The predicted molar refractivity (Wildman–Crippen MR) is 105 cm³/mol. The fraction of sp³-hybridized carbons (Fsp3) is 0.300. The Bertz CT molecular complexity index is 918. The van der Waals surface area contributed by atoms with Gasteiger partial charge in [-0.15, -0.1) is 5.10 Å². The third kappa shape index (κ3) is 4.11. The van der Waals surface area contributed by atoms with Crippen LogP contribution in [0.25, 0.3) is 0 Å². The number of piperazine rings is 1. The summed E-state index contributed by atoms with van der Waals surface area (Å²) < 4.78 is 5.20. The molecule has 0 unspecified atom stereocenters. The van der Waals surface area contributed by atoms with E-state index in [2.05, 4.69) is 56.6 Å². The smallest absolute Gasteiger partial charge is 0.289 e. The zero-order chi connectivity index (χ0) is 19.3. The number of hydrogen-bond acceptors (Lipinski definition) is 7. The van der Waals surface area contributed by atoms with E-state index in [-0.39, 0.29) is 5.91 Å². The van der Waals surface area contributed by atoms with E-state index in [0.717, 1.165) is 11.4 Å². The van der Waals surface area contributed by atoms with Crippen LogP contribution in [0.5, 0.6) is 0 Å². The number of benzene rings is 1. The van der Waals surface area contributed by atoms with Gasteiger partial charge in [0.2, 0.25) is 5.95 Å². The molecule has 0 bridgehead atoms. The van der Waals surface area contributed by atoms with E-state index in [0.29, 0.717) is 44.4 Å². The first-order chi connectivity index (χ1) is 13.7. The second-order valence-corrected chi connectivity index (χ2v) is 6.73. The number of amides is 1. The first-order valence-corrected chi connectivity index (χ1v) is 9.26. The van der Waals surface area contributed by atoms with E-state index >= 15 is 0 Å². The quantitative estimate of drug-likeness (QED) is 0.729. The summed E-state index contributed by atoms with van der Waals surface area (Å²) in [6.07, 6.45) is 3.17. The molecule has 8 nitrogen and oxygen atoms in total. The summed E-state index contributed by atoms with van der Waals surface area (Å²) >= 11 is 0. The van der Waals surface area contributed by atoms with Crippen LogP contribution < -0.4 is 10.2 Å². The molecule has 28 heavy (non-hydrogen) atoms. The van der Waals surface area contributed by atoms with Gasteiger partial charge in [0.15, 0.2) is 11.6 Å². The normalized spacial score (nSPS) is 14.2. The summed E-state index contributed by atoms with van der Waals surface area (Å²) in [6, 6.07) is 11.7. The molecule has 1 aliphatic rings. The zero-order valence-electron chi connectivity index (χ0n) is 15.7. The van der Waals surface area contributed by atoms with Gasteiger partial charge in [-0.25, -0.2) is 0 Å². The van der Waals surface area contributed by atoms with Gasteiger partial charge in [0.1, 0.15) is 0 Å². The highest BCUT2D eigenvalue weighted by molar-refractivity contribution is 5.91. The summed E-state index contributed by atoms with van der Waals surface area (Å²) in [4.78, 5) is 20.8. The average Bonchev–Trinajstić information content (AvgIpc) is 3.28. The van der Waals surface area contributed by atoms with Gasteiger partial charge < -0.3 is 19.5 Å². The molecule has 1 aromatic carbocycles. The monoisotopic (exact) mass is 378 g/mol. The van der Waals surface area contributed by atoms with Crippen LogP contribution in [-0.2, 0) is 6.54 Å². The number of carbonyl (C=O) groups excluding carboxylic acids is 1. The molecule has 1 saturated heterocycles. The third-order valence-electron chi connectivity index (χ3n) is 4.74. The fourth-order valence-electron chi connectivity index (χ4n) is 3.10. The number of furan rings is 1. The highest BCUT2D eigenvalue weighted by Gasteiger charge is 2.24. The largest absolute Gasteiger partial charge is 0.459 e. The molecule has 1 amide bonds. The van der Waals surface area contributed by atoms with Crippen molar-refractivity contribution in [2.24, 2.45) is 0 Å². The Morgan fingerprint density at radius 1 is 1.14 bits per heavy atom. The van der Waals surface area contributed by atoms with Crippen LogP contribution in [-0.4, -0.2) is 52.2 Å². The van der Waals surface area contributed by atoms with E-state index in [9.17, 15) is 4.79 Å². The molecule has 2 aromatic heterocycles. The standard InChI is InChI=1S/C20H22N6O2/c1-15-4-6-16(7-5-15)13-21-20-23-18(14-22-24-20)25-8-10-26(11-9-25)19(27)17-3-2-12-28-17/h2-7,12,14H,8-11,13H2,1H3,(H,21,23,24). The van der Waals surface area contributed by atoms with Crippen LogP contribution in [0, 0.1) is 6.92 Å². The highest BCUT2D eigenvalue weighted by Crippen LogP contribution is 2.16. The van der Waals surface area contributed by atoms with Crippen molar-refractivity contribution >= 4 is 17.7 Å². The summed E-state index contributed by atoms with van der Waals surface area (Å²) in [5, 5.41) is 11.4. The van der Waals surface area contributed by atoms with Gasteiger partial charge in [-0.1, -0.05) is 29.8 Å². The van der Waals surface area contributed by atoms with Gasteiger partial charge in [-0.3, -0.25) is 4.79 Å². The Kier molecular flexibility index (Phi) is 5.18. The van der Waals surface area contributed by atoms with Crippen molar-refractivity contribution in [3.05, 3.63) is 65.7 Å². The van der Waals surface area contributed by atoms with Crippen LogP contribution in [0.1, 0.15) is 21.7 Å². The van der Waals surface area contributed by atoms with E-state index < -0.39 is 0 Å². The number of rotatable bonds is 5. The van der Waals surface area contributed by atoms with E-state index in [1.54, 1.807) is 23.2 Å². The lowest BCUT2D eigenvalue weighted by atomic mass is 10.1.